The zero-order valence-electron chi connectivity index (χ0n) is 15.6. The van der Waals surface area contributed by atoms with Gasteiger partial charge in [-0.1, -0.05) is 0 Å². The molecule has 1 N–H and O–H groups in total. The molecule has 2 rings (SSSR count). The van der Waals surface area contributed by atoms with Gasteiger partial charge in [-0.15, -0.1) is 12.4 Å². The lowest BCUT2D eigenvalue weighted by Crippen LogP contribution is -2.43. The van der Waals surface area contributed by atoms with Crippen LogP contribution in [0.15, 0.2) is 29.2 Å². The van der Waals surface area contributed by atoms with Gasteiger partial charge in [-0.3, -0.25) is 4.79 Å². The van der Waals surface area contributed by atoms with Gasteiger partial charge in [0, 0.05) is 31.8 Å². The monoisotopic (exact) mass is 404 g/mol. The van der Waals surface area contributed by atoms with Crippen molar-refractivity contribution in [1.82, 2.24) is 10.2 Å². The molecule has 8 heteroatoms. The number of halogens is 1. The summed E-state index contributed by atoms with van der Waals surface area (Å²) in [4.78, 5) is 14.5. The predicted octanol–water partition coefficient (Wildman–Crippen LogP) is 2.13. The Labute approximate surface area is 162 Å². The molecule has 1 aliphatic rings. The first kappa shape index (κ1) is 22.7. The second-order valence-electron chi connectivity index (χ2n) is 6.78. The number of ether oxygens (including phenoxy) is 1. The molecule has 1 fully saturated rings. The Morgan fingerprint density at radius 2 is 1.96 bits per heavy atom. The van der Waals surface area contributed by atoms with Crippen LogP contribution in [0.1, 0.15) is 26.2 Å². The average Bonchev–Trinajstić information content (AvgIpc) is 2.57. The van der Waals surface area contributed by atoms with Gasteiger partial charge in [0.25, 0.3) is 0 Å². The van der Waals surface area contributed by atoms with E-state index in [4.69, 9.17) is 4.74 Å². The fourth-order valence-corrected chi connectivity index (χ4v) is 3.68. The van der Waals surface area contributed by atoms with Crippen LogP contribution in [0.4, 0.5) is 0 Å². The third kappa shape index (κ3) is 6.78. The number of piperidine rings is 1. The Morgan fingerprint density at radius 1 is 1.31 bits per heavy atom. The quantitative estimate of drug-likeness (QED) is 0.704. The third-order valence-corrected chi connectivity index (χ3v) is 5.64. The smallest absolute Gasteiger partial charge is 0.225 e. The molecule has 26 heavy (non-hydrogen) atoms. The molecule has 1 aromatic carbocycles. The lowest BCUT2D eigenvalue weighted by atomic mass is 9.92. The summed E-state index contributed by atoms with van der Waals surface area (Å²) in [6.45, 7) is 4.15. The lowest BCUT2D eigenvalue weighted by molar-refractivity contribution is -0.135. The van der Waals surface area contributed by atoms with Crippen molar-refractivity contribution in [3.8, 4) is 5.75 Å². The molecule has 148 valence electrons. The summed E-state index contributed by atoms with van der Waals surface area (Å²) in [6.07, 6.45) is 3.71. The molecule has 0 radical (unpaired) electrons. The van der Waals surface area contributed by atoms with Crippen LogP contribution >= 0.6 is 12.4 Å². The maximum absolute atomic E-state index is 12.4. The standard InChI is InChI=1S/C18H28N2O4S.ClH/c1-14-13-15(9-10-19-14)18(21)20(2)11-4-12-24-16-5-7-17(8-6-16)25(3,22)23;/h5-8,14-15,19H,4,9-13H2,1-3H3;1H/t14-,15-;/m0./s1. The second-order valence-corrected chi connectivity index (χ2v) is 8.80. The number of benzene rings is 1. The maximum Gasteiger partial charge on any atom is 0.225 e. The number of nitrogens with one attached hydrogen (secondary N) is 1. The molecule has 2 atom stereocenters. The molecule has 1 aromatic rings. The third-order valence-electron chi connectivity index (χ3n) is 4.51. The van der Waals surface area contributed by atoms with Gasteiger partial charge in [0.2, 0.25) is 5.91 Å². The highest BCUT2D eigenvalue weighted by Crippen LogP contribution is 2.19. The average molecular weight is 405 g/mol. The summed E-state index contributed by atoms with van der Waals surface area (Å²) in [5.74, 6) is 0.963. The summed E-state index contributed by atoms with van der Waals surface area (Å²) in [6, 6.07) is 6.79. The molecule has 0 aromatic heterocycles. The Bertz CT molecular complexity index is 679. The molecule has 0 unspecified atom stereocenters. The van der Waals surface area contributed by atoms with Crippen molar-refractivity contribution in [3.05, 3.63) is 24.3 Å². The van der Waals surface area contributed by atoms with Gasteiger partial charge in [-0.2, -0.15) is 0 Å². The first-order valence-corrected chi connectivity index (χ1v) is 10.6. The first-order valence-electron chi connectivity index (χ1n) is 8.68. The van der Waals surface area contributed by atoms with Crippen LogP contribution in [0.25, 0.3) is 0 Å². The number of amides is 1. The minimum absolute atomic E-state index is 0. The van der Waals surface area contributed by atoms with E-state index in [0.717, 1.165) is 25.8 Å². The maximum atomic E-state index is 12.4. The lowest BCUT2D eigenvalue weighted by Gasteiger charge is -2.30. The predicted molar refractivity (Wildman–Crippen MR) is 105 cm³/mol. The van der Waals surface area contributed by atoms with Crippen LogP contribution in [-0.2, 0) is 14.6 Å². The fourth-order valence-electron chi connectivity index (χ4n) is 3.05. The van der Waals surface area contributed by atoms with Gasteiger partial charge in [-0.25, -0.2) is 8.42 Å². The van der Waals surface area contributed by atoms with Gasteiger partial charge in [0.05, 0.1) is 11.5 Å². The van der Waals surface area contributed by atoms with Crippen molar-refractivity contribution in [1.29, 1.82) is 0 Å². The number of nitrogens with zero attached hydrogens (tertiary/aromatic N) is 1. The zero-order chi connectivity index (χ0) is 18.4. The SMILES string of the molecule is C[C@H]1C[C@@H](C(=O)N(C)CCCOc2ccc(S(C)(=O)=O)cc2)CCN1.Cl. The fraction of sp³-hybridized carbons (Fsp3) is 0.611. The highest BCUT2D eigenvalue weighted by Gasteiger charge is 2.26. The number of carbonyl (C=O) groups excluding carboxylic acids is 1. The van der Waals surface area contributed by atoms with Gasteiger partial charge in [0.1, 0.15) is 5.75 Å². The summed E-state index contributed by atoms with van der Waals surface area (Å²) in [5, 5.41) is 3.36. The van der Waals surface area contributed by atoms with E-state index in [1.54, 1.807) is 29.2 Å². The molecular formula is C18H29ClN2O4S. The summed E-state index contributed by atoms with van der Waals surface area (Å²) < 4.78 is 28.4. The van der Waals surface area contributed by atoms with E-state index >= 15 is 0 Å². The van der Waals surface area contributed by atoms with Crippen LogP contribution in [0.2, 0.25) is 0 Å². The van der Waals surface area contributed by atoms with E-state index in [1.807, 2.05) is 7.05 Å². The Hall–Kier alpha value is -1.31. The summed E-state index contributed by atoms with van der Waals surface area (Å²) in [7, 11) is -1.34. The Kier molecular flexibility index (Phi) is 8.86. The van der Waals surface area contributed by atoms with E-state index in [1.165, 1.54) is 6.26 Å². The molecular weight excluding hydrogens is 376 g/mol. The molecule has 1 heterocycles. The number of rotatable bonds is 7. The molecule has 6 nitrogen and oxygen atoms in total. The van der Waals surface area contributed by atoms with Crippen LogP contribution in [0.5, 0.6) is 5.75 Å². The Morgan fingerprint density at radius 3 is 2.54 bits per heavy atom. The molecule has 0 spiro atoms. The van der Waals surface area contributed by atoms with Crippen molar-refractivity contribution in [2.45, 2.75) is 37.1 Å². The Balaban J connectivity index is 0.00000338. The minimum atomic E-state index is -3.18. The van der Waals surface area contributed by atoms with Crippen LogP contribution in [-0.4, -0.2) is 58.3 Å². The summed E-state index contributed by atoms with van der Waals surface area (Å²) in [5.41, 5.74) is 0. The van der Waals surface area contributed by atoms with Crippen molar-refractivity contribution < 1.29 is 17.9 Å². The van der Waals surface area contributed by atoms with Crippen LogP contribution in [0, 0.1) is 5.92 Å². The zero-order valence-corrected chi connectivity index (χ0v) is 17.2. The van der Waals surface area contributed by atoms with Crippen LogP contribution < -0.4 is 10.1 Å². The molecule has 1 aliphatic heterocycles. The highest BCUT2D eigenvalue weighted by molar-refractivity contribution is 7.90. The molecule has 0 saturated carbocycles. The van der Waals surface area contributed by atoms with Crippen LogP contribution in [0.3, 0.4) is 0 Å². The van der Waals surface area contributed by atoms with Gasteiger partial charge in [-0.05, 0) is 57.0 Å². The first-order chi connectivity index (χ1) is 11.8. The van der Waals surface area contributed by atoms with E-state index < -0.39 is 9.84 Å². The molecule has 0 aliphatic carbocycles. The highest BCUT2D eigenvalue weighted by atomic mass is 35.5. The number of sulfone groups is 1. The van der Waals surface area contributed by atoms with Crippen molar-refractivity contribution >= 4 is 28.2 Å². The largest absolute Gasteiger partial charge is 0.494 e. The van der Waals surface area contributed by atoms with E-state index in [2.05, 4.69) is 12.2 Å². The van der Waals surface area contributed by atoms with E-state index in [9.17, 15) is 13.2 Å². The van der Waals surface area contributed by atoms with Crippen molar-refractivity contribution in [3.63, 3.8) is 0 Å². The molecule has 0 bridgehead atoms. The number of hydrogen-bond donors (Lipinski definition) is 1. The van der Waals surface area contributed by atoms with Crippen molar-refractivity contribution in [2.24, 2.45) is 5.92 Å². The molecule has 1 saturated heterocycles. The van der Waals surface area contributed by atoms with Crippen molar-refractivity contribution in [2.75, 3.05) is 33.0 Å². The minimum Gasteiger partial charge on any atom is -0.494 e. The summed E-state index contributed by atoms with van der Waals surface area (Å²) >= 11 is 0. The van der Waals surface area contributed by atoms with E-state index in [0.29, 0.717) is 24.9 Å². The molecule has 1 amide bonds. The topological polar surface area (TPSA) is 75.7 Å². The van der Waals surface area contributed by atoms with Gasteiger partial charge >= 0.3 is 0 Å². The van der Waals surface area contributed by atoms with E-state index in [-0.39, 0.29) is 29.1 Å². The number of carbonyl (C=O) groups is 1. The second kappa shape index (κ2) is 10.1. The number of hydrogen-bond acceptors (Lipinski definition) is 5. The van der Waals surface area contributed by atoms with Gasteiger partial charge in [0.15, 0.2) is 9.84 Å². The van der Waals surface area contributed by atoms with Gasteiger partial charge < -0.3 is 15.0 Å². The normalized spacial score (nSPS) is 20.1.